The zero-order chi connectivity index (χ0) is 19.3. The molecule has 6 nitrogen and oxygen atoms in total. The van der Waals surface area contributed by atoms with Crippen LogP contribution in [0.5, 0.6) is 0 Å². The van der Waals surface area contributed by atoms with Crippen molar-refractivity contribution in [3.63, 3.8) is 0 Å². The minimum absolute atomic E-state index is 0.164. The second kappa shape index (κ2) is 6.62. The highest BCUT2D eigenvalue weighted by atomic mass is 32.1. The highest BCUT2D eigenvalue weighted by Crippen LogP contribution is 2.39. The molecule has 28 heavy (non-hydrogen) atoms. The number of hydrogen-bond acceptors (Lipinski definition) is 6. The SMILES string of the molecule is Cc1nc2sc3c(c2c2nc(CNCc4ccccc4)nn12)CC(C)(C)OC3. The van der Waals surface area contributed by atoms with Crippen molar-refractivity contribution in [1.29, 1.82) is 0 Å². The Kier molecular flexibility index (Phi) is 4.19. The number of ether oxygens (including phenoxy) is 1. The van der Waals surface area contributed by atoms with Gasteiger partial charge in [0.1, 0.15) is 10.7 Å². The van der Waals surface area contributed by atoms with Crippen LogP contribution in [0.15, 0.2) is 30.3 Å². The van der Waals surface area contributed by atoms with Gasteiger partial charge in [0.2, 0.25) is 0 Å². The number of aryl methyl sites for hydroxylation is 1. The first-order valence-electron chi connectivity index (χ1n) is 9.55. The predicted molar refractivity (Wildman–Crippen MR) is 110 cm³/mol. The van der Waals surface area contributed by atoms with Crippen LogP contribution in [0.3, 0.4) is 0 Å². The quantitative estimate of drug-likeness (QED) is 0.571. The summed E-state index contributed by atoms with van der Waals surface area (Å²) in [6.07, 6.45) is 0.872. The Morgan fingerprint density at radius 2 is 2.00 bits per heavy atom. The lowest BCUT2D eigenvalue weighted by atomic mass is 9.94. The van der Waals surface area contributed by atoms with Crippen molar-refractivity contribution in [3.05, 3.63) is 58.0 Å². The van der Waals surface area contributed by atoms with Crippen molar-refractivity contribution >= 4 is 27.2 Å². The van der Waals surface area contributed by atoms with Crippen LogP contribution in [0, 0.1) is 6.92 Å². The van der Waals surface area contributed by atoms with Gasteiger partial charge in [0.05, 0.1) is 24.1 Å². The number of benzene rings is 1. The summed E-state index contributed by atoms with van der Waals surface area (Å²) in [6.45, 7) is 8.33. The van der Waals surface area contributed by atoms with E-state index in [2.05, 4.69) is 43.4 Å². The molecule has 144 valence electrons. The molecule has 0 atom stereocenters. The van der Waals surface area contributed by atoms with Gasteiger partial charge in [0.15, 0.2) is 11.5 Å². The predicted octanol–water partition coefficient (Wildman–Crippen LogP) is 3.79. The third-order valence-corrected chi connectivity index (χ3v) is 6.27. The lowest BCUT2D eigenvalue weighted by molar-refractivity contribution is -0.0379. The van der Waals surface area contributed by atoms with Gasteiger partial charge in [-0.25, -0.2) is 9.97 Å². The molecule has 5 rings (SSSR count). The van der Waals surface area contributed by atoms with E-state index in [9.17, 15) is 0 Å². The number of nitrogens with one attached hydrogen (secondary N) is 1. The average Bonchev–Trinajstić information content (AvgIpc) is 3.23. The minimum atomic E-state index is -0.164. The summed E-state index contributed by atoms with van der Waals surface area (Å²) in [7, 11) is 0. The van der Waals surface area contributed by atoms with Crippen LogP contribution in [-0.2, 0) is 30.9 Å². The first kappa shape index (κ1) is 17.7. The van der Waals surface area contributed by atoms with Gasteiger partial charge in [-0.2, -0.15) is 4.52 Å². The molecule has 7 heteroatoms. The highest BCUT2D eigenvalue weighted by Gasteiger charge is 2.31. The van der Waals surface area contributed by atoms with Crippen LogP contribution in [-0.4, -0.2) is 25.2 Å². The van der Waals surface area contributed by atoms with Crippen molar-refractivity contribution in [2.75, 3.05) is 0 Å². The number of fused-ring (bicyclic) bond motifs is 5. The summed E-state index contributed by atoms with van der Waals surface area (Å²) in [5.41, 5.74) is 3.32. The van der Waals surface area contributed by atoms with E-state index in [0.717, 1.165) is 40.5 Å². The van der Waals surface area contributed by atoms with Gasteiger partial charge >= 0.3 is 0 Å². The van der Waals surface area contributed by atoms with E-state index in [1.165, 1.54) is 16.0 Å². The number of thiophene rings is 1. The fraction of sp³-hybridized carbons (Fsp3) is 0.381. The molecule has 0 amide bonds. The van der Waals surface area contributed by atoms with Crippen molar-refractivity contribution in [2.45, 2.75) is 52.5 Å². The molecule has 4 heterocycles. The van der Waals surface area contributed by atoms with E-state index in [0.29, 0.717) is 13.2 Å². The Bertz CT molecular complexity index is 1160. The molecule has 0 aliphatic carbocycles. The molecule has 1 aliphatic rings. The van der Waals surface area contributed by atoms with Gasteiger partial charge in [-0.15, -0.1) is 16.4 Å². The summed E-state index contributed by atoms with van der Waals surface area (Å²) in [4.78, 5) is 12.0. The van der Waals surface area contributed by atoms with Gasteiger partial charge in [-0.1, -0.05) is 30.3 Å². The third kappa shape index (κ3) is 3.09. The average molecular weight is 394 g/mol. The number of hydrogen-bond donors (Lipinski definition) is 1. The molecule has 0 saturated carbocycles. The molecule has 0 radical (unpaired) electrons. The van der Waals surface area contributed by atoms with E-state index in [1.807, 2.05) is 17.5 Å². The van der Waals surface area contributed by atoms with E-state index >= 15 is 0 Å². The second-order valence-corrected chi connectivity index (χ2v) is 9.00. The van der Waals surface area contributed by atoms with Gasteiger partial charge in [-0.3, -0.25) is 0 Å². The van der Waals surface area contributed by atoms with Crippen LogP contribution >= 0.6 is 11.3 Å². The molecule has 3 aromatic heterocycles. The number of aromatic nitrogens is 4. The first-order valence-corrected chi connectivity index (χ1v) is 10.4. The first-order chi connectivity index (χ1) is 13.5. The normalized spacial score (nSPS) is 16.0. The second-order valence-electron chi connectivity index (χ2n) is 7.92. The Balaban J connectivity index is 1.51. The summed E-state index contributed by atoms with van der Waals surface area (Å²) in [6, 6.07) is 10.4. The molecule has 0 bridgehead atoms. The lowest BCUT2D eigenvalue weighted by Gasteiger charge is -2.30. The molecule has 1 aliphatic heterocycles. The largest absolute Gasteiger partial charge is 0.370 e. The van der Waals surface area contributed by atoms with Crippen molar-refractivity contribution in [1.82, 2.24) is 24.9 Å². The molecular formula is C21H23N5OS. The minimum Gasteiger partial charge on any atom is -0.370 e. The van der Waals surface area contributed by atoms with Crippen LogP contribution in [0.25, 0.3) is 15.9 Å². The molecule has 0 fully saturated rings. The van der Waals surface area contributed by atoms with Gasteiger partial charge < -0.3 is 10.1 Å². The summed E-state index contributed by atoms with van der Waals surface area (Å²) in [5, 5.41) is 9.29. The Morgan fingerprint density at radius 1 is 1.18 bits per heavy atom. The lowest BCUT2D eigenvalue weighted by Crippen LogP contribution is -2.31. The maximum atomic E-state index is 5.99. The standard InChI is InChI=1S/C21H23N5OS/c1-13-23-20-18(15-9-21(2,3)27-12-16(15)28-20)19-24-17(25-26(13)19)11-22-10-14-7-5-4-6-8-14/h4-8,22H,9-12H2,1-3H3. The van der Waals surface area contributed by atoms with Crippen LogP contribution < -0.4 is 5.32 Å². The fourth-order valence-electron chi connectivity index (χ4n) is 3.77. The third-order valence-electron chi connectivity index (χ3n) is 5.17. The maximum absolute atomic E-state index is 5.99. The molecule has 1 N–H and O–H groups in total. The summed E-state index contributed by atoms with van der Waals surface area (Å²) < 4.78 is 7.88. The van der Waals surface area contributed by atoms with E-state index in [1.54, 1.807) is 11.3 Å². The van der Waals surface area contributed by atoms with E-state index in [-0.39, 0.29) is 5.60 Å². The highest BCUT2D eigenvalue weighted by molar-refractivity contribution is 7.19. The topological polar surface area (TPSA) is 64.3 Å². The Hall–Kier alpha value is -2.35. The fourth-order valence-corrected chi connectivity index (χ4v) is 4.92. The van der Waals surface area contributed by atoms with Gasteiger partial charge in [0, 0.05) is 17.8 Å². The number of rotatable bonds is 4. The summed E-state index contributed by atoms with van der Waals surface area (Å²) >= 11 is 1.72. The molecule has 0 spiro atoms. The van der Waals surface area contributed by atoms with E-state index < -0.39 is 0 Å². The number of nitrogens with zero attached hydrogens (tertiary/aromatic N) is 4. The van der Waals surface area contributed by atoms with Crippen LogP contribution in [0.2, 0.25) is 0 Å². The van der Waals surface area contributed by atoms with E-state index in [4.69, 9.17) is 19.8 Å². The Labute approximate surface area is 167 Å². The molecular weight excluding hydrogens is 370 g/mol. The van der Waals surface area contributed by atoms with Gasteiger partial charge in [-0.05, 0) is 31.9 Å². The zero-order valence-electron chi connectivity index (χ0n) is 16.3. The van der Waals surface area contributed by atoms with Crippen molar-refractivity contribution < 1.29 is 4.74 Å². The molecule has 4 aromatic rings. The Morgan fingerprint density at radius 3 is 2.82 bits per heavy atom. The van der Waals surface area contributed by atoms with Gasteiger partial charge in [0.25, 0.3) is 0 Å². The summed E-state index contributed by atoms with van der Waals surface area (Å²) in [5.74, 6) is 1.66. The van der Waals surface area contributed by atoms with Crippen molar-refractivity contribution in [3.8, 4) is 0 Å². The maximum Gasteiger partial charge on any atom is 0.168 e. The smallest absolute Gasteiger partial charge is 0.168 e. The zero-order valence-corrected chi connectivity index (χ0v) is 17.1. The van der Waals surface area contributed by atoms with Crippen LogP contribution in [0.1, 0.15) is 41.5 Å². The molecule has 0 saturated heterocycles. The molecule has 0 unspecified atom stereocenters. The van der Waals surface area contributed by atoms with Crippen LogP contribution in [0.4, 0.5) is 0 Å². The molecule has 1 aromatic carbocycles. The monoisotopic (exact) mass is 393 g/mol. The van der Waals surface area contributed by atoms with Crippen molar-refractivity contribution in [2.24, 2.45) is 0 Å².